The molecule has 0 unspecified atom stereocenters. The molecule has 0 aromatic heterocycles. The molecule has 0 radical (unpaired) electrons. The first kappa shape index (κ1) is 61.7. The number of aryl methyl sites for hydroxylation is 1. The molecule has 0 saturated carbocycles. The maximum Gasteiger partial charge on any atom is 0.425 e. The standard InChI is InChI=1S/C44H31N9O17S4.2O3S/c1-21-2-10-30(35(14-21)72(61,62)63)48-50-31-11-5-22-3-7-25(17-28(22)42(31)55)46-49-32-12-6-24-16-36(73(64,65)66)40(39(45)38(24)44(32)57)52-47-26-8-4-23-15-37(74(67,68)69)41(43(56)29(23)18-26)53-51-33-19-27(71(58,59)60)9-13-34(33)70-20-54;2*1-4(2)3/h2-20,55-57H,45H2,1H3,(H,58,59,60)(H,61,62,63)(H,64,65,66)(H,67,68,69);;. The van der Waals surface area contributed by atoms with E-state index in [2.05, 4.69) is 40.9 Å². The topological polar surface area (TPSA) is 532 Å². The van der Waals surface area contributed by atoms with Gasteiger partial charge in [-0.05, 0) is 108 Å². The first-order chi connectivity index (χ1) is 38.2. The number of rotatable bonds is 14. The molecule has 0 spiro atoms. The van der Waals surface area contributed by atoms with E-state index in [1.807, 2.05) is 0 Å². The Morgan fingerprint density at radius 1 is 0.451 bits per heavy atom. The van der Waals surface area contributed by atoms with E-state index >= 15 is 0 Å². The molecule has 38 heteroatoms. The number of azo groups is 4. The van der Waals surface area contributed by atoms with E-state index in [0.717, 1.165) is 30.3 Å². The summed E-state index contributed by atoms with van der Waals surface area (Å²) >= 11 is 0. The maximum atomic E-state index is 12.7. The number of hydrogen-bond donors (Lipinski definition) is 8. The van der Waals surface area contributed by atoms with Crippen molar-refractivity contribution < 1.29 is 102 Å². The summed E-state index contributed by atoms with van der Waals surface area (Å²) in [6.07, 6.45) is 0. The molecule has 0 amide bonds. The lowest BCUT2D eigenvalue weighted by Gasteiger charge is -2.12. The first-order valence-corrected chi connectivity index (χ1v) is 29.0. The molecular formula is C44H31N9O23S6. The second-order valence-electron chi connectivity index (χ2n) is 15.9. The molecule has 9 N–H and O–H groups in total. The smallest absolute Gasteiger partial charge is 0.425 e. The summed E-state index contributed by atoms with van der Waals surface area (Å²) in [6.45, 7) is 1.55. The number of phenolic OH excluding ortho intramolecular Hbond substituents is 3. The molecule has 0 fully saturated rings. The fraction of sp³-hybridized carbons (Fsp3) is 0.0227. The minimum atomic E-state index is -5.19. The summed E-state index contributed by atoms with van der Waals surface area (Å²) in [4.78, 5) is 7.97. The van der Waals surface area contributed by atoms with Gasteiger partial charge in [0.25, 0.3) is 46.9 Å². The Hall–Kier alpha value is -9.51. The Balaban J connectivity index is 0.00000127. The Bertz CT molecular complexity index is 4800. The van der Waals surface area contributed by atoms with Gasteiger partial charge in [0.2, 0.25) is 0 Å². The van der Waals surface area contributed by atoms with Crippen LogP contribution in [0.2, 0.25) is 0 Å². The van der Waals surface area contributed by atoms with E-state index < -0.39 is 121 Å². The second-order valence-corrected chi connectivity index (χ2v) is 22.3. The van der Waals surface area contributed by atoms with Crippen LogP contribution in [0.25, 0.3) is 32.3 Å². The lowest BCUT2D eigenvalue weighted by molar-refractivity contribution is -0.120. The zero-order valence-electron chi connectivity index (χ0n) is 40.2. The van der Waals surface area contributed by atoms with Gasteiger partial charge in [0, 0.05) is 10.8 Å². The van der Waals surface area contributed by atoms with Crippen molar-refractivity contribution >= 4 is 152 Å². The van der Waals surface area contributed by atoms with Gasteiger partial charge in [-0.2, -0.15) is 43.9 Å². The van der Waals surface area contributed by atoms with Crippen molar-refractivity contribution in [1.29, 1.82) is 0 Å². The third-order valence-electron chi connectivity index (χ3n) is 10.6. The minimum absolute atomic E-state index is 0.0290. The summed E-state index contributed by atoms with van der Waals surface area (Å²) in [5, 5.41) is 65.5. The molecule has 32 nitrogen and oxygen atoms in total. The second kappa shape index (κ2) is 24.5. The van der Waals surface area contributed by atoms with Gasteiger partial charge in [-0.1, -0.05) is 30.3 Å². The fourth-order valence-corrected chi connectivity index (χ4v) is 9.71. The van der Waals surface area contributed by atoms with Crippen molar-refractivity contribution in [3.8, 4) is 23.0 Å². The minimum Gasteiger partial charge on any atom is -0.505 e. The Morgan fingerprint density at radius 3 is 1.48 bits per heavy atom. The molecule has 0 aliphatic carbocycles. The number of nitrogens with two attached hydrogens (primary N) is 1. The number of benzene rings is 8. The Labute approximate surface area is 462 Å². The van der Waals surface area contributed by atoms with E-state index in [1.54, 1.807) is 25.1 Å². The van der Waals surface area contributed by atoms with Crippen molar-refractivity contribution in [2.75, 3.05) is 5.73 Å². The number of carbonyl (C=O) groups is 1. The predicted molar refractivity (Wildman–Crippen MR) is 281 cm³/mol. The highest BCUT2D eigenvalue weighted by Gasteiger charge is 2.26. The number of nitrogens with zero attached hydrogens (tertiary/aromatic N) is 8. The molecule has 0 aliphatic rings. The van der Waals surface area contributed by atoms with Gasteiger partial charge >= 0.3 is 21.2 Å². The van der Waals surface area contributed by atoms with Gasteiger partial charge < -0.3 is 25.8 Å². The highest BCUT2D eigenvalue weighted by Crippen LogP contribution is 2.47. The van der Waals surface area contributed by atoms with Crippen molar-refractivity contribution in [1.82, 2.24) is 0 Å². The predicted octanol–water partition coefficient (Wildman–Crippen LogP) is 8.33. The van der Waals surface area contributed by atoms with Crippen LogP contribution in [0.4, 0.5) is 51.2 Å². The number of fused-ring (bicyclic) bond motifs is 3. The number of nitrogen functional groups attached to an aromatic ring is 1. The molecular weight excluding hydrogens is 1210 g/mol. The van der Waals surface area contributed by atoms with Gasteiger partial charge in [-0.15, -0.1) is 55.9 Å². The molecule has 0 heterocycles. The van der Waals surface area contributed by atoms with E-state index in [9.17, 15) is 72.0 Å². The number of aromatic hydroxyl groups is 3. The highest BCUT2D eigenvalue weighted by atomic mass is 32.2. The Kier molecular flexibility index (Phi) is 18.4. The number of hydrogen-bond acceptors (Lipinski definition) is 28. The first-order valence-electron chi connectivity index (χ1n) is 21.3. The lowest BCUT2D eigenvalue weighted by atomic mass is 10.1. The van der Waals surface area contributed by atoms with Crippen LogP contribution >= 0.6 is 0 Å². The van der Waals surface area contributed by atoms with E-state index in [0.29, 0.717) is 17.0 Å². The van der Waals surface area contributed by atoms with Crippen LogP contribution < -0.4 is 10.5 Å². The van der Waals surface area contributed by atoms with Gasteiger partial charge in [0.05, 0.1) is 27.3 Å². The lowest BCUT2D eigenvalue weighted by Crippen LogP contribution is -2.01. The maximum absolute atomic E-state index is 12.7. The summed E-state index contributed by atoms with van der Waals surface area (Å²) in [5.41, 5.74) is 3.67. The van der Waals surface area contributed by atoms with Crippen LogP contribution in [0.15, 0.2) is 170 Å². The van der Waals surface area contributed by atoms with Crippen molar-refractivity contribution in [3.63, 3.8) is 0 Å². The zero-order chi connectivity index (χ0) is 60.8. The van der Waals surface area contributed by atoms with E-state index in [4.69, 9.17) is 35.7 Å². The van der Waals surface area contributed by atoms with Crippen LogP contribution in [0.1, 0.15) is 5.56 Å². The molecule has 0 atom stereocenters. The van der Waals surface area contributed by atoms with Crippen molar-refractivity contribution in [2.45, 2.75) is 26.5 Å². The van der Waals surface area contributed by atoms with Crippen molar-refractivity contribution in [2.24, 2.45) is 40.9 Å². The average Bonchev–Trinajstić information content (AvgIpc) is 3.40. The zero-order valence-corrected chi connectivity index (χ0v) is 45.1. The summed E-state index contributed by atoms with van der Waals surface area (Å²) in [5.74, 6) is -2.43. The van der Waals surface area contributed by atoms with Gasteiger partial charge in [0.15, 0.2) is 23.0 Å². The molecule has 8 rings (SSSR count). The fourth-order valence-electron chi connectivity index (χ4n) is 7.18. The van der Waals surface area contributed by atoms with Crippen LogP contribution in [-0.2, 0) is 66.5 Å². The van der Waals surface area contributed by atoms with Crippen molar-refractivity contribution in [3.05, 3.63) is 115 Å². The molecule has 0 aliphatic heterocycles. The van der Waals surface area contributed by atoms with E-state index in [1.165, 1.54) is 54.6 Å². The molecule has 0 saturated heterocycles. The van der Waals surface area contributed by atoms with E-state index in [-0.39, 0.29) is 67.6 Å². The third kappa shape index (κ3) is 14.8. The molecule has 82 heavy (non-hydrogen) atoms. The van der Waals surface area contributed by atoms with Crippen LogP contribution in [0.3, 0.4) is 0 Å². The number of anilines is 1. The average molecular weight is 1250 g/mol. The summed E-state index contributed by atoms with van der Waals surface area (Å²) in [6, 6.07) is 21.8. The van der Waals surface area contributed by atoms with Gasteiger partial charge in [0.1, 0.15) is 48.8 Å². The Morgan fingerprint density at radius 2 is 0.902 bits per heavy atom. The molecule has 0 bridgehead atoms. The van der Waals surface area contributed by atoms with Crippen LogP contribution in [0.5, 0.6) is 23.0 Å². The SMILES string of the molecule is Cc1ccc(N=Nc2ccc3ccc(N=Nc4ccc5cc(S(=O)(=O)O)c(N=Nc6ccc7cc(S(=O)(=O)O)c(N=Nc8cc(S(=O)(=O)O)ccc8OC=O)c(O)c7c6)c(N)c5c4O)cc3c2O)c(S(=O)(=O)O)c1.O=S(=O)=O.O=S(=O)=O. The largest absolute Gasteiger partial charge is 0.505 e. The quantitative estimate of drug-likeness (QED) is 0.0219. The number of ether oxygens (including phenoxy) is 1. The van der Waals surface area contributed by atoms with Crippen LogP contribution in [-0.4, -0.2) is 98.9 Å². The van der Waals surface area contributed by atoms with Gasteiger partial charge in [-0.3, -0.25) is 23.0 Å². The third-order valence-corrected chi connectivity index (χ3v) is 14.1. The number of carbonyl (C=O) groups excluding carboxylic acids is 1. The number of phenols is 3. The highest BCUT2D eigenvalue weighted by molar-refractivity contribution is 7.86. The van der Waals surface area contributed by atoms with Gasteiger partial charge in [-0.25, -0.2) is 0 Å². The monoisotopic (exact) mass is 1240 g/mol. The normalized spacial score (nSPS) is 12.2. The summed E-state index contributed by atoms with van der Waals surface area (Å²) < 4.78 is 193. The molecule has 8 aromatic carbocycles. The molecule has 426 valence electrons. The molecule has 8 aromatic rings. The summed E-state index contributed by atoms with van der Waals surface area (Å²) in [7, 11) is -26.1. The van der Waals surface area contributed by atoms with Crippen LogP contribution in [0, 0.1) is 6.92 Å².